The maximum atomic E-state index is 5.45. The van der Waals surface area contributed by atoms with Gasteiger partial charge in [0.05, 0.1) is 19.5 Å². The highest BCUT2D eigenvalue weighted by molar-refractivity contribution is 8.00. The number of ether oxygens (including phenoxy) is 1. The molecule has 0 spiro atoms. The summed E-state index contributed by atoms with van der Waals surface area (Å²) in [7, 11) is 0. The van der Waals surface area contributed by atoms with Gasteiger partial charge in [0.25, 0.3) is 0 Å². The van der Waals surface area contributed by atoms with Gasteiger partial charge < -0.3 is 19.4 Å². The number of rotatable bonds is 7. The van der Waals surface area contributed by atoms with Crippen LogP contribution in [0.4, 0.5) is 0 Å². The van der Waals surface area contributed by atoms with Crippen molar-refractivity contribution in [3.05, 3.63) is 24.2 Å². The minimum atomic E-state index is 0.273. The lowest BCUT2D eigenvalue weighted by molar-refractivity contribution is 0.0377. The zero-order valence-corrected chi connectivity index (χ0v) is 17.6. The Kier molecular flexibility index (Phi) is 7.91. The predicted molar refractivity (Wildman–Crippen MR) is 113 cm³/mol. The van der Waals surface area contributed by atoms with Crippen LogP contribution in [0.2, 0.25) is 0 Å². The molecule has 1 aromatic rings. The summed E-state index contributed by atoms with van der Waals surface area (Å²) < 4.78 is 11.1. The Morgan fingerprint density at radius 1 is 1.30 bits per heavy atom. The Hall–Kier alpha value is -1.18. The van der Waals surface area contributed by atoms with Gasteiger partial charge in [0.1, 0.15) is 5.76 Å². The summed E-state index contributed by atoms with van der Waals surface area (Å²) in [5.41, 5.74) is 0. The molecule has 3 rings (SSSR count). The van der Waals surface area contributed by atoms with E-state index < -0.39 is 0 Å². The zero-order valence-electron chi connectivity index (χ0n) is 16.8. The van der Waals surface area contributed by atoms with Crippen LogP contribution >= 0.6 is 11.8 Å². The fraction of sp³-hybridized carbons (Fsp3) is 0.750. The van der Waals surface area contributed by atoms with Crippen molar-refractivity contribution in [2.45, 2.75) is 31.4 Å². The lowest BCUT2D eigenvalue weighted by atomic mass is 10.2. The van der Waals surface area contributed by atoms with Crippen LogP contribution < -0.4 is 5.32 Å². The lowest BCUT2D eigenvalue weighted by Gasteiger charge is -2.39. The van der Waals surface area contributed by atoms with Crippen LogP contribution in [-0.4, -0.2) is 85.3 Å². The lowest BCUT2D eigenvalue weighted by Crippen LogP contribution is -2.51. The van der Waals surface area contributed by atoms with Crippen molar-refractivity contribution in [1.82, 2.24) is 15.1 Å². The Balaban J connectivity index is 1.50. The van der Waals surface area contributed by atoms with E-state index in [1.807, 2.05) is 12.1 Å². The van der Waals surface area contributed by atoms with Crippen molar-refractivity contribution in [1.29, 1.82) is 0 Å². The Bertz CT molecular complexity index is 571. The summed E-state index contributed by atoms with van der Waals surface area (Å²) in [5.74, 6) is 3.22. The number of morpholine rings is 1. The molecule has 2 aliphatic rings. The number of furan rings is 1. The van der Waals surface area contributed by atoms with E-state index in [0.717, 1.165) is 89.3 Å². The summed E-state index contributed by atoms with van der Waals surface area (Å²) in [5, 5.41) is 3.58. The molecule has 152 valence electrons. The van der Waals surface area contributed by atoms with Crippen molar-refractivity contribution in [3.8, 4) is 0 Å². The molecule has 0 bridgehead atoms. The molecule has 0 atom stereocenters. The third kappa shape index (κ3) is 7.05. The van der Waals surface area contributed by atoms with Crippen molar-refractivity contribution in [3.63, 3.8) is 0 Å². The predicted octanol–water partition coefficient (Wildman–Crippen LogP) is 2.32. The minimum absolute atomic E-state index is 0.273. The first-order valence-corrected chi connectivity index (χ1v) is 11.1. The van der Waals surface area contributed by atoms with Crippen LogP contribution in [0.5, 0.6) is 0 Å². The molecule has 1 aromatic heterocycles. The van der Waals surface area contributed by atoms with Crippen LogP contribution in [0.1, 0.15) is 26.0 Å². The number of hydrogen-bond acceptors (Lipinski definition) is 5. The first-order chi connectivity index (χ1) is 13.1. The minimum Gasteiger partial charge on any atom is -0.469 e. The van der Waals surface area contributed by atoms with E-state index in [0.29, 0.717) is 0 Å². The number of nitrogens with one attached hydrogen (secondary N) is 1. The molecule has 0 radical (unpaired) electrons. The van der Waals surface area contributed by atoms with E-state index in [4.69, 9.17) is 14.1 Å². The summed E-state index contributed by atoms with van der Waals surface area (Å²) in [6.07, 6.45) is 3.71. The molecule has 1 N–H and O–H groups in total. The van der Waals surface area contributed by atoms with E-state index in [9.17, 15) is 0 Å². The molecule has 2 fully saturated rings. The number of guanidine groups is 1. The maximum absolute atomic E-state index is 5.45. The molecular formula is C20H34N4O2S. The van der Waals surface area contributed by atoms with E-state index in [1.165, 1.54) is 0 Å². The van der Waals surface area contributed by atoms with Gasteiger partial charge in [-0.15, -0.1) is 0 Å². The highest BCUT2D eigenvalue weighted by atomic mass is 32.2. The van der Waals surface area contributed by atoms with Gasteiger partial charge in [-0.25, -0.2) is 0 Å². The molecular weight excluding hydrogens is 360 g/mol. The molecule has 6 nitrogen and oxygen atoms in total. The smallest absolute Gasteiger partial charge is 0.194 e. The van der Waals surface area contributed by atoms with Crippen molar-refractivity contribution >= 4 is 17.7 Å². The first-order valence-electron chi connectivity index (χ1n) is 10.1. The third-order valence-corrected chi connectivity index (χ3v) is 6.25. The van der Waals surface area contributed by atoms with Gasteiger partial charge >= 0.3 is 0 Å². The number of thioether (sulfide) groups is 1. The van der Waals surface area contributed by atoms with Gasteiger partial charge in [-0.1, -0.05) is 0 Å². The standard InChI is InChI=1S/C20H34N4O2S/c1-20(2)17-24(12-16-27-20)19(22-8-6-18-5-3-13-26-18)21-7-4-9-23-10-14-25-15-11-23/h3,5,13H,4,6-12,14-17H2,1-2H3,(H,21,22). The summed E-state index contributed by atoms with van der Waals surface area (Å²) in [6.45, 7) is 13.4. The van der Waals surface area contributed by atoms with Gasteiger partial charge in [-0.3, -0.25) is 9.89 Å². The SMILES string of the molecule is CC1(C)CN(C(=NCCCN2CCOCC2)NCCc2ccco2)CCS1. The van der Waals surface area contributed by atoms with Crippen molar-refractivity contribution < 1.29 is 9.15 Å². The second kappa shape index (κ2) is 10.4. The second-order valence-electron chi connectivity index (χ2n) is 7.80. The topological polar surface area (TPSA) is 53.2 Å². The first kappa shape index (κ1) is 20.6. The van der Waals surface area contributed by atoms with E-state index in [2.05, 4.69) is 40.7 Å². The molecule has 0 saturated carbocycles. The van der Waals surface area contributed by atoms with Gasteiger partial charge in [-0.2, -0.15) is 11.8 Å². The highest BCUT2D eigenvalue weighted by Crippen LogP contribution is 2.29. The highest BCUT2D eigenvalue weighted by Gasteiger charge is 2.28. The van der Waals surface area contributed by atoms with Gasteiger partial charge in [-0.05, 0) is 32.4 Å². The molecule has 2 saturated heterocycles. The Labute approximate surface area is 167 Å². The van der Waals surface area contributed by atoms with E-state index in [1.54, 1.807) is 6.26 Å². The Morgan fingerprint density at radius 3 is 2.89 bits per heavy atom. The summed E-state index contributed by atoms with van der Waals surface area (Å²) >= 11 is 2.05. The molecule has 0 aliphatic carbocycles. The second-order valence-corrected chi connectivity index (χ2v) is 9.60. The fourth-order valence-corrected chi connectivity index (χ4v) is 4.63. The molecule has 7 heteroatoms. The average Bonchev–Trinajstić information content (AvgIpc) is 3.17. The zero-order chi connectivity index (χ0) is 19.0. The third-order valence-electron chi connectivity index (χ3n) is 4.96. The Morgan fingerprint density at radius 2 is 2.15 bits per heavy atom. The van der Waals surface area contributed by atoms with Gasteiger partial charge in [0, 0.05) is 62.7 Å². The normalized spacial score (nSPS) is 21.4. The summed E-state index contributed by atoms with van der Waals surface area (Å²) in [4.78, 5) is 9.85. The molecule has 27 heavy (non-hydrogen) atoms. The van der Waals surface area contributed by atoms with Crippen LogP contribution in [0.3, 0.4) is 0 Å². The monoisotopic (exact) mass is 394 g/mol. The molecule has 0 amide bonds. The fourth-order valence-electron chi connectivity index (χ4n) is 3.52. The van der Waals surface area contributed by atoms with Crippen LogP contribution in [0.15, 0.2) is 27.8 Å². The van der Waals surface area contributed by atoms with Crippen molar-refractivity contribution in [2.75, 3.05) is 64.8 Å². The quantitative estimate of drug-likeness (QED) is 0.435. The number of nitrogens with zero attached hydrogens (tertiary/aromatic N) is 3. The molecule has 3 heterocycles. The van der Waals surface area contributed by atoms with Gasteiger partial charge in [0.2, 0.25) is 0 Å². The average molecular weight is 395 g/mol. The summed E-state index contributed by atoms with van der Waals surface area (Å²) in [6, 6.07) is 3.97. The van der Waals surface area contributed by atoms with E-state index >= 15 is 0 Å². The maximum Gasteiger partial charge on any atom is 0.194 e. The van der Waals surface area contributed by atoms with Crippen LogP contribution in [0.25, 0.3) is 0 Å². The molecule has 0 unspecified atom stereocenters. The van der Waals surface area contributed by atoms with Crippen LogP contribution in [-0.2, 0) is 11.2 Å². The molecule has 2 aliphatic heterocycles. The number of aliphatic imine (C=N–C) groups is 1. The van der Waals surface area contributed by atoms with Crippen LogP contribution in [0, 0.1) is 0 Å². The largest absolute Gasteiger partial charge is 0.469 e. The van der Waals surface area contributed by atoms with Gasteiger partial charge in [0.15, 0.2) is 5.96 Å². The number of hydrogen-bond donors (Lipinski definition) is 1. The van der Waals surface area contributed by atoms with Crippen molar-refractivity contribution in [2.24, 2.45) is 4.99 Å². The van der Waals surface area contributed by atoms with E-state index in [-0.39, 0.29) is 4.75 Å². The molecule has 0 aromatic carbocycles.